The van der Waals surface area contributed by atoms with Crippen molar-refractivity contribution in [2.75, 3.05) is 0 Å². The number of nitrogens with zero attached hydrogens (tertiary/aromatic N) is 2. The number of carboxylic acid groups (broad SMARTS) is 2. The Labute approximate surface area is 277 Å². The monoisotopic (exact) mass is 698 g/mol. The number of hydrogen-bond acceptors (Lipinski definition) is 4. The number of carboxylic acids is 2. The third-order valence-electron chi connectivity index (χ3n) is 8.22. The van der Waals surface area contributed by atoms with Gasteiger partial charge in [-0.25, -0.2) is 9.97 Å². The van der Waals surface area contributed by atoms with Gasteiger partial charge in [0.05, 0.1) is 22.8 Å². The second-order valence-electron chi connectivity index (χ2n) is 10.7. The number of nitrogens with one attached hydrogen (secondary N) is 2. The standard InChI is InChI=1S/C34H34N4O4.BrH.Fe/c1-7-21-17(3)25-13-26-19(5)23(9-11-33(39)40)31(37-26)16-32-24(10-12-34(41)42)20(6)28(38-32)15-30-22(8-2)18(4)27(36-30)14-29(21)35-25;;/h7-8,13-16,35-36H,1-2,9-12H2,3-6H3,(H,39,40)(H,41,42);1H;. The molecule has 0 aliphatic carbocycles. The maximum absolute atomic E-state index is 11.5. The Morgan fingerprint density at radius 2 is 1.07 bits per heavy atom. The van der Waals surface area contributed by atoms with Gasteiger partial charge in [0.25, 0.3) is 0 Å². The fraction of sp³-hybridized carbons (Fsp3) is 0.235. The molecule has 0 saturated carbocycles. The molecule has 0 saturated heterocycles. The normalized spacial score (nSPS) is 12.5. The number of hydrogen-bond donors (Lipinski definition) is 4. The minimum absolute atomic E-state index is 0. The number of aromatic amines is 2. The Balaban J connectivity index is 0.00000264. The van der Waals surface area contributed by atoms with Crippen LogP contribution in [0.4, 0.5) is 0 Å². The second kappa shape index (κ2) is 13.8. The molecule has 0 radical (unpaired) electrons. The molecule has 4 N–H and O–H groups in total. The van der Waals surface area contributed by atoms with Crippen molar-refractivity contribution in [2.45, 2.75) is 53.4 Å². The zero-order valence-electron chi connectivity index (χ0n) is 25.1. The molecule has 0 spiro atoms. The van der Waals surface area contributed by atoms with Crippen LogP contribution in [0.5, 0.6) is 0 Å². The number of aryl methyl sites for hydroxylation is 2. The molecule has 5 heterocycles. The first-order valence-electron chi connectivity index (χ1n) is 13.9. The van der Waals surface area contributed by atoms with E-state index in [4.69, 9.17) is 9.97 Å². The van der Waals surface area contributed by atoms with E-state index < -0.39 is 11.9 Å². The number of fused-ring (bicyclic) bond motifs is 8. The van der Waals surface area contributed by atoms with Crippen LogP contribution in [-0.2, 0) is 26.7 Å². The van der Waals surface area contributed by atoms with Crippen molar-refractivity contribution in [3.05, 3.63) is 82.5 Å². The number of allylic oxidation sites excluding steroid dienone is 4. The van der Waals surface area contributed by atoms with Gasteiger partial charge in [-0.3, -0.25) is 9.59 Å². The number of aliphatic carboxylic acids is 2. The smallest absolute Gasteiger partial charge is 0.303 e. The van der Waals surface area contributed by atoms with Crippen LogP contribution in [0.15, 0.2) is 37.4 Å². The van der Waals surface area contributed by atoms with E-state index in [0.29, 0.717) is 24.2 Å². The molecule has 3 aromatic rings. The van der Waals surface area contributed by atoms with Gasteiger partial charge in [0, 0.05) is 63.1 Å². The molecule has 2 aliphatic heterocycles. The van der Waals surface area contributed by atoms with E-state index in [2.05, 4.69) is 29.2 Å². The summed E-state index contributed by atoms with van der Waals surface area (Å²) in [7, 11) is 0. The molecule has 0 aromatic carbocycles. The van der Waals surface area contributed by atoms with E-state index in [1.54, 1.807) is 0 Å². The Hall–Kier alpha value is -3.98. The molecular weight excluding hydrogens is 664 g/mol. The fourth-order valence-electron chi connectivity index (χ4n) is 5.77. The molecule has 0 amide bonds. The summed E-state index contributed by atoms with van der Waals surface area (Å²) >= 11 is 0. The minimum Gasteiger partial charge on any atom is -0.481 e. The molecule has 8 nitrogen and oxygen atoms in total. The van der Waals surface area contributed by atoms with Gasteiger partial charge >= 0.3 is 11.9 Å². The molecule has 3 aromatic heterocycles. The number of rotatable bonds is 8. The first-order chi connectivity index (χ1) is 20.0. The number of halogens is 1. The molecule has 0 fully saturated rings. The van der Waals surface area contributed by atoms with Crippen molar-refractivity contribution in [1.29, 1.82) is 0 Å². The predicted octanol–water partition coefficient (Wildman–Crippen LogP) is 8.38. The summed E-state index contributed by atoms with van der Waals surface area (Å²) in [6, 6.07) is 7.88. The van der Waals surface area contributed by atoms with Crippen LogP contribution in [0.2, 0.25) is 0 Å². The number of aromatic nitrogens is 4. The average Bonchev–Trinajstić information content (AvgIpc) is 3.59. The van der Waals surface area contributed by atoms with E-state index in [0.717, 1.165) is 78.0 Å². The summed E-state index contributed by atoms with van der Waals surface area (Å²) < 4.78 is 0. The van der Waals surface area contributed by atoms with Gasteiger partial charge in [0.1, 0.15) is 0 Å². The Bertz CT molecular complexity index is 1930. The summed E-state index contributed by atoms with van der Waals surface area (Å²) in [5.41, 5.74) is 13.7. The number of H-pyrrole nitrogens is 2. The molecule has 0 atom stereocenters. The largest absolute Gasteiger partial charge is 0.481 e. The molecular formula is C34H35BrFeN4O4. The summed E-state index contributed by atoms with van der Waals surface area (Å²) in [6.45, 7) is 16.1. The predicted molar refractivity (Wildman–Crippen MR) is 180 cm³/mol. The first-order valence-corrected chi connectivity index (χ1v) is 13.9. The van der Waals surface area contributed by atoms with Crippen molar-refractivity contribution in [2.24, 2.45) is 0 Å². The van der Waals surface area contributed by atoms with Gasteiger partial charge in [0.2, 0.25) is 0 Å². The van der Waals surface area contributed by atoms with Crippen molar-refractivity contribution in [3.63, 3.8) is 0 Å². The quantitative estimate of drug-likeness (QED) is 0.175. The van der Waals surface area contributed by atoms with Crippen molar-refractivity contribution >= 4 is 85.4 Å². The zero-order chi connectivity index (χ0) is 30.3. The van der Waals surface area contributed by atoms with Crippen LogP contribution in [0, 0.1) is 13.8 Å². The fourth-order valence-corrected chi connectivity index (χ4v) is 5.77. The van der Waals surface area contributed by atoms with Crippen molar-refractivity contribution in [3.8, 4) is 0 Å². The van der Waals surface area contributed by atoms with Gasteiger partial charge in [-0.2, -0.15) is 0 Å². The third-order valence-corrected chi connectivity index (χ3v) is 8.22. The van der Waals surface area contributed by atoms with E-state index in [1.807, 2.05) is 58.0 Å². The maximum Gasteiger partial charge on any atom is 0.303 e. The van der Waals surface area contributed by atoms with Crippen LogP contribution < -0.4 is 0 Å². The molecule has 10 heteroatoms. The average molecular weight is 699 g/mol. The van der Waals surface area contributed by atoms with Crippen LogP contribution in [0.25, 0.3) is 56.5 Å². The van der Waals surface area contributed by atoms with Gasteiger partial charge in [-0.05, 0) is 98.2 Å². The molecule has 2 aliphatic rings. The summed E-state index contributed by atoms with van der Waals surface area (Å²) in [5, 5.41) is 18.9. The van der Waals surface area contributed by atoms with Gasteiger partial charge < -0.3 is 20.2 Å². The summed E-state index contributed by atoms with van der Waals surface area (Å²) in [4.78, 5) is 40.0. The van der Waals surface area contributed by atoms with Crippen LogP contribution in [-0.4, -0.2) is 42.1 Å². The van der Waals surface area contributed by atoms with Crippen LogP contribution in [0.1, 0.15) is 84.6 Å². The number of carbonyl (C=O) groups is 2. The molecule has 230 valence electrons. The Morgan fingerprint density at radius 3 is 1.48 bits per heavy atom. The van der Waals surface area contributed by atoms with E-state index in [1.165, 1.54) is 0 Å². The third kappa shape index (κ3) is 6.43. The van der Waals surface area contributed by atoms with E-state index in [9.17, 15) is 19.8 Å². The topological polar surface area (TPSA) is 132 Å². The first kappa shape index (κ1) is 34.5. The molecule has 0 unspecified atom stereocenters. The molecule has 44 heavy (non-hydrogen) atoms. The zero-order valence-corrected chi connectivity index (χ0v) is 27.9. The minimum atomic E-state index is -0.889. The Kier molecular flexibility index (Phi) is 10.8. The SMILES string of the molecule is Br.C=Cc1c(C)c2cc3[nH]c(cc4nc(cc5nc(cc1[nH]2)C(C)=C5CCC(=O)O)C(CCC(=O)O)=C4C)c(C)c3C=C.[Fe]. The van der Waals surface area contributed by atoms with Crippen LogP contribution >= 0.6 is 17.0 Å². The van der Waals surface area contributed by atoms with Crippen molar-refractivity contribution in [1.82, 2.24) is 19.9 Å². The maximum atomic E-state index is 11.5. The molecule has 8 bridgehead atoms. The molecule has 5 rings (SSSR count). The van der Waals surface area contributed by atoms with E-state index in [-0.39, 0.29) is 46.9 Å². The Morgan fingerprint density at radius 1 is 0.682 bits per heavy atom. The second-order valence-corrected chi connectivity index (χ2v) is 10.7. The summed E-state index contributed by atoms with van der Waals surface area (Å²) in [5.74, 6) is -1.78. The van der Waals surface area contributed by atoms with Gasteiger partial charge in [-0.1, -0.05) is 25.3 Å². The van der Waals surface area contributed by atoms with Gasteiger partial charge in [-0.15, -0.1) is 17.0 Å². The van der Waals surface area contributed by atoms with Gasteiger partial charge in [0.15, 0.2) is 0 Å². The van der Waals surface area contributed by atoms with Crippen LogP contribution in [0.3, 0.4) is 0 Å². The summed E-state index contributed by atoms with van der Waals surface area (Å²) in [6.07, 6.45) is 4.20. The van der Waals surface area contributed by atoms with E-state index >= 15 is 0 Å². The van der Waals surface area contributed by atoms with Crippen molar-refractivity contribution < 1.29 is 36.9 Å².